The second kappa shape index (κ2) is 5.83. The zero-order valence-electron chi connectivity index (χ0n) is 12.0. The summed E-state index contributed by atoms with van der Waals surface area (Å²) in [5.41, 5.74) is 3.12. The fourth-order valence-corrected chi connectivity index (χ4v) is 3.04. The Bertz CT molecular complexity index is 501. The molecule has 1 atom stereocenters. The van der Waals surface area contributed by atoms with E-state index in [2.05, 4.69) is 11.4 Å². The highest BCUT2D eigenvalue weighted by Crippen LogP contribution is 2.27. The van der Waals surface area contributed by atoms with Gasteiger partial charge >= 0.3 is 0 Å². The molecule has 1 fully saturated rings. The minimum Gasteiger partial charge on any atom is -0.384 e. The summed E-state index contributed by atoms with van der Waals surface area (Å²) in [5.74, 6) is 0.133. The Morgan fingerprint density at radius 1 is 1.40 bits per heavy atom. The number of anilines is 1. The largest absolute Gasteiger partial charge is 0.384 e. The molecule has 0 saturated carbocycles. The first-order valence-corrected chi connectivity index (χ1v) is 7.52. The Labute approximate surface area is 120 Å². The molecule has 1 aromatic rings. The van der Waals surface area contributed by atoms with E-state index in [9.17, 15) is 4.79 Å². The Kier molecular flexibility index (Phi) is 3.92. The monoisotopic (exact) mass is 274 g/mol. The van der Waals surface area contributed by atoms with Crippen molar-refractivity contribution in [2.75, 3.05) is 31.6 Å². The molecule has 1 amide bonds. The van der Waals surface area contributed by atoms with Crippen LogP contribution in [0.2, 0.25) is 0 Å². The lowest BCUT2D eigenvalue weighted by Crippen LogP contribution is -2.36. The van der Waals surface area contributed by atoms with E-state index >= 15 is 0 Å². The van der Waals surface area contributed by atoms with Crippen molar-refractivity contribution >= 4 is 11.6 Å². The number of ether oxygens (including phenoxy) is 1. The number of para-hydroxylation sites is 1. The molecule has 20 heavy (non-hydrogen) atoms. The van der Waals surface area contributed by atoms with Crippen LogP contribution in [0.3, 0.4) is 0 Å². The number of nitrogens with one attached hydrogen (secondary N) is 1. The SMILES string of the molecule is CC1CN(C(=O)c2cccc3c2NCCC3)CCCO1. The van der Waals surface area contributed by atoms with E-state index < -0.39 is 0 Å². The smallest absolute Gasteiger partial charge is 0.256 e. The lowest BCUT2D eigenvalue weighted by Gasteiger charge is -2.26. The van der Waals surface area contributed by atoms with Crippen molar-refractivity contribution in [3.05, 3.63) is 29.3 Å². The van der Waals surface area contributed by atoms with Crippen LogP contribution in [0.4, 0.5) is 5.69 Å². The van der Waals surface area contributed by atoms with E-state index in [1.165, 1.54) is 5.56 Å². The fourth-order valence-electron chi connectivity index (χ4n) is 3.04. The van der Waals surface area contributed by atoms with Gasteiger partial charge in [0, 0.05) is 26.2 Å². The lowest BCUT2D eigenvalue weighted by atomic mass is 9.98. The molecule has 3 rings (SSSR count). The number of fused-ring (bicyclic) bond motifs is 1. The van der Waals surface area contributed by atoms with Crippen LogP contribution in [-0.2, 0) is 11.2 Å². The Hall–Kier alpha value is -1.55. The van der Waals surface area contributed by atoms with Gasteiger partial charge in [-0.05, 0) is 37.8 Å². The van der Waals surface area contributed by atoms with E-state index in [0.29, 0.717) is 6.54 Å². The molecule has 0 aromatic heterocycles. The Morgan fingerprint density at radius 2 is 2.30 bits per heavy atom. The van der Waals surface area contributed by atoms with Crippen LogP contribution >= 0.6 is 0 Å². The van der Waals surface area contributed by atoms with Crippen LogP contribution < -0.4 is 5.32 Å². The number of rotatable bonds is 1. The number of amides is 1. The van der Waals surface area contributed by atoms with Crippen LogP contribution in [0, 0.1) is 0 Å². The Morgan fingerprint density at radius 3 is 3.20 bits per heavy atom. The maximum Gasteiger partial charge on any atom is 0.256 e. The summed E-state index contributed by atoms with van der Waals surface area (Å²) < 4.78 is 5.62. The molecule has 0 radical (unpaired) electrons. The predicted octanol–water partition coefficient (Wildman–Crippen LogP) is 2.30. The molecule has 1 saturated heterocycles. The summed E-state index contributed by atoms with van der Waals surface area (Å²) in [6.45, 7) is 5.20. The first kappa shape index (κ1) is 13.4. The average molecular weight is 274 g/mol. The van der Waals surface area contributed by atoms with Crippen LogP contribution in [0.15, 0.2) is 18.2 Å². The molecule has 2 aliphatic heterocycles. The van der Waals surface area contributed by atoms with E-state index in [1.54, 1.807) is 0 Å². The van der Waals surface area contributed by atoms with Gasteiger partial charge in [0.1, 0.15) is 0 Å². The molecular weight excluding hydrogens is 252 g/mol. The molecule has 2 aliphatic rings. The van der Waals surface area contributed by atoms with Gasteiger partial charge in [-0.3, -0.25) is 4.79 Å². The molecule has 0 aliphatic carbocycles. The van der Waals surface area contributed by atoms with Crippen LogP contribution in [-0.4, -0.2) is 43.2 Å². The molecule has 1 unspecified atom stereocenters. The van der Waals surface area contributed by atoms with Gasteiger partial charge in [-0.1, -0.05) is 12.1 Å². The van der Waals surface area contributed by atoms with Crippen LogP contribution in [0.1, 0.15) is 35.7 Å². The molecule has 1 aromatic carbocycles. The zero-order chi connectivity index (χ0) is 13.9. The summed E-state index contributed by atoms with van der Waals surface area (Å²) in [7, 11) is 0. The molecular formula is C16H22N2O2. The first-order chi connectivity index (χ1) is 9.75. The maximum atomic E-state index is 12.8. The number of carbonyl (C=O) groups is 1. The summed E-state index contributed by atoms with van der Waals surface area (Å²) in [5, 5.41) is 3.40. The van der Waals surface area contributed by atoms with Gasteiger partial charge in [0.05, 0.1) is 17.4 Å². The third-order valence-electron chi connectivity index (χ3n) is 4.05. The minimum atomic E-state index is 0.119. The third kappa shape index (κ3) is 2.66. The number of carbonyl (C=O) groups excluding carboxylic acids is 1. The standard InChI is InChI=1S/C16H22N2O2/c1-12-11-18(9-4-10-20-12)16(19)14-7-2-5-13-6-3-8-17-15(13)14/h2,5,7,12,17H,3-4,6,8-11H2,1H3. The first-order valence-electron chi connectivity index (χ1n) is 7.52. The molecule has 0 spiro atoms. The molecule has 108 valence electrons. The number of aryl methyl sites for hydroxylation is 1. The normalized spacial score (nSPS) is 22.6. The van der Waals surface area contributed by atoms with Crippen molar-refractivity contribution in [3.63, 3.8) is 0 Å². The average Bonchev–Trinajstić information content (AvgIpc) is 2.70. The van der Waals surface area contributed by atoms with E-state index in [4.69, 9.17) is 4.74 Å². The van der Waals surface area contributed by atoms with Crippen molar-refractivity contribution in [1.82, 2.24) is 4.90 Å². The van der Waals surface area contributed by atoms with E-state index in [-0.39, 0.29) is 12.0 Å². The van der Waals surface area contributed by atoms with Crippen molar-refractivity contribution in [3.8, 4) is 0 Å². The van der Waals surface area contributed by atoms with Gasteiger partial charge in [0.25, 0.3) is 5.91 Å². The second-order valence-electron chi connectivity index (χ2n) is 5.66. The Balaban J connectivity index is 1.86. The third-order valence-corrected chi connectivity index (χ3v) is 4.05. The quantitative estimate of drug-likeness (QED) is 0.854. The van der Waals surface area contributed by atoms with Gasteiger partial charge in [-0.2, -0.15) is 0 Å². The summed E-state index contributed by atoms with van der Waals surface area (Å²) >= 11 is 0. The fraction of sp³-hybridized carbons (Fsp3) is 0.562. The predicted molar refractivity (Wildman–Crippen MR) is 79.2 cm³/mol. The van der Waals surface area contributed by atoms with E-state index in [1.807, 2.05) is 24.0 Å². The molecule has 1 N–H and O–H groups in total. The van der Waals surface area contributed by atoms with Crippen molar-refractivity contribution < 1.29 is 9.53 Å². The second-order valence-corrected chi connectivity index (χ2v) is 5.66. The van der Waals surface area contributed by atoms with Gasteiger partial charge in [-0.25, -0.2) is 0 Å². The van der Waals surface area contributed by atoms with Crippen LogP contribution in [0.25, 0.3) is 0 Å². The van der Waals surface area contributed by atoms with Gasteiger partial charge in [0.2, 0.25) is 0 Å². The number of benzene rings is 1. The molecule has 0 bridgehead atoms. The van der Waals surface area contributed by atoms with Crippen molar-refractivity contribution in [1.29, 1.82) is 0 Å². The van der Waals surface area contributed by atoms with Gasteiger partial charge in [0.15, 0.2) is 0 Å². The zero-order valence-corrected chi connectivity index (χ0v) is 12.0. The highest BCUT2D eigenvalue weighted by molar-refractivity contribution is 6.00. The summed E-state index contributed by atoms with van der Waals surface area (Å²) in [6, 6.07) is 6.05. The molecule has 2 heterocycles. The minimum absolute atomic E-state index is 0.119. The van der Waals surface area contributed by atoms with Gasteiger partial charge in [-0.15, -0.1) is 0 Å². The maximum absolute atomic E-state index is 12.8. The summed E-state index contributed by atoms with van der Waals surface area (Å²) in [4.78, 5) is 14.7. The van der Waals surface area contributed by atoms with Crippen molar-refractivity contribution in [2.45, 2.75) is 32.3 Å². The lowest BCUT2D eigenvalue weighted by molar-refractivity contribution is 0.0563. The topological polar surface area (TPSA) is 41.6 Å². The van der Waals surface area contributed by atoms with Crippen molar-refractivity contribution in [2.24, 2.45) is 0 Å². The van der Waals surface area contributed by atoms with E-state index in [0.717, 1.165) is 50.2 Å². The number of hydrogen-bond acceptors (Lipinski definition) is 3. The molecule has 4 nitrogen and oxygen atoms in total. The highest BCUT2D eigenvalue weighted by Gasteiger charge is 2.24. The number of nitrogens with zero attached hydrogens (tertiary/aromatic N) is 1. The number of hydrogen-bond donors (Lipinski definition) is 1. The molecule has 4 heteroatoms. The van der Waals surface area contributed by atoms with Crippen LogP contribution in [0.5, 0.6) is 0 Å². The van der Waals surface area contributed by atoms with Gasteiger partial charge < -0.3 is 15.0 Å². The summed E-state index contributed by atoms with van der Waals surface area (Å²) in [6.07, 6.45) is 3.23. The highest BCUT2D eigenvalue weighted by atomic mass is 16.5.